The molecule has 2 saturated carbocycles. The molecule has 39 heavy (non-hydrogen) atoms. The lowest BCUT2D eigenvalue weighted by Crippen LogP contribution is -2.52. The first-order valence-electron chi connectivity index (χ1n) is 13.5. The minimum atomic E-state index is -1.08. The fourth-order valence-electron chi connectivity index (χ4n) is 6.57. The topological polar surface area (TPSA) is 89.2 Å². The monoisotopic (exact) mass is 571 g/mol. The van der Waals surface area contributed by atoms with Crippen LogP contribution in [0.5, 0.6) is 11.5 Å². The number of hydrogen-bond donors (Lipinski definition) is 1. The molecule has 1 amide bonds. The highest BCUT2D eigenvalue weighted by Crippen LogP contribution is 2.47. The number of benzene rings is 1. The van der Waals surface area contributed by atoms with Gasteiger partial charge in [0.05, 0.1) is 12.0 Å². The Kier molecular flexibility index (Phi) is 9.77. The van der Waals surface area contributed by atoms with E-state index in [2.05, 4.69) is 13.8 Å². The number of carbonyl (C=O) groups excluding carboxylic acids is 1. The molecule has 1 heterocycles. The van der Waals surface area contributed by atoms with Gasteiger partial charge in [-0.15, -0.1) is 0 Å². The maximum atomic E-state index is 13.8. The van der Waals surface area contributed by atoms with E-state index in [0.717, 1.165) is 12.3 Å². The van der Waals surface area contributed by atoms with Crippen LogP contribution in [-0.2, 0) is 9.59 Å². The van der Waals surface area contributed by atoms with Crippen molar-refractivity contribution in [1.82, 2.24) is 4.90 Å². The Morgan fingerprint density at radius 1 is 1.18 bits per heavy atom. The van der Waals surface area contributed by atoms with Gasteiger partial charge < -0.3 is 23.9 Å². The molecule has 2 aliphatic carbocycles. The molecule has 9 heteroatoms. The maximum absolute atomic E-state index is 13.8. The maximum Gasteiger partial charge on any atom is 0.341 e. The Balaban J connectivity index is 1.56. The SMILES string of the molecule is CCC1CC2CC(C)CC(C2)C1N(C)C(=O)/C(=C/c1ccc(-c2ccc(OC)c(OCC(=O)O)c2)o1)SC=S. The molecule has 1 N–H and O–H groups in total. The molecule has 2 bridgehead atoms. The number of carboxylic acids is 1. The lowest BCUT2D eigenvalue weighted by atomic mass is 9.61. The number of carbonyl (C=O) groups is 2. The normalized spacial score (nSPS) is 24.6. The summed E-state index contributed by atoms with van der Waals surface area (Å²) in [4.78, 5) is 27.3. The molecule has 210 valence electrons. The number of rotatable bonds is 11. The number of hydrogen-bond acceptors (Lipinski definition) is 7. The third kappa shape index (κ3) is 6.87. The fraction of sp³-hybridized carbons (Fsp3) is 0.500. The van der Waals surface area contributed by atoms with Gasteiger partial charge in [-0.05, 0) is 79.7 Å². The molecule has 1 aromatic carbocycles. The summed E-state index contributed by atoms with van der Waals surface area (Å²) in [5.41, 5.74) is 0.692. The first-order valence-corrected chi connectivity index (χ1v) is 14.8. The molecule has 2 fully saturated rings. The van der Waals surface area contributed by atoms with E-state index in [1.165, 1.54) is 49.3 Å². The number of thioether (sulfide) groups is 1. The van der Waals surface area contributed by atoms with Crippen molar-refractivity contribution in [2.45, 2.75) is 52.0 Å². The van der Waals surface area contributed by atoms with Crippen LogP contribution in [0.3, 0.4) is 0 Å². The summed E-state index contributed by atoms with van der Waals surface area (Å²) in [5, 5.41) is 8.97. The number of ether oxygens (including phenoxy) is 2. The summed E-state index contributed by atoms with van der Waals surface area (Å²) in [6.45, 7) is 4.10. The third-order valence-electron chi connectivity index (χ3n) is 8.06. The van der Waals surface area contributed by atoms with Crippen molar-refractivity contribution >= 4 is 46.6 Å². The van der Waals surface area contributed by atoms with Gasteiger partial charge in [0.1, 0.15) is 11.5 Å². The van der Waals surface area contributed by atoms with Gasteiger partial charge in [0, 0.05) is 29.4 Å². The van der Waals surface area contributed by atoms with Crippen LogP contribution < -0.4 is 9.47 Å². The number of likely N-dealkylation sites (N-methyl/N-ethyl adjacent to an activating group) is 1. The highest BCUT2D eigenvalue weighted by atomic mass is 32.2. The van der Waals surface area contributed by atoms with Crippen molar-refractivity contribution in [3.63, 3.8) is 0 Å². The minimum absolute atomic E-state index is 0.0343. The van der Waals surface area contributed by atoms with E-state index in [4.69, 9.17) is 31.2 Å². The molecular formula is C30H37NO6S2. The summed E-state index contributed by atoms with van der Waals surface area (Å²) < 4.78 is 18.2. The van der Waals surface area contributed by atoms with Crippen molar-refractivity contribution in [3.8, 4) is 22.8 Å². The Bertz CT molecular complexity index is 1220. The number of furan rings is 1. The highest BCUT2D eigenvalue weighted by molar-refractivity contribution is 8.24. The van der Waals surface area contributed by atoms with Crippen LogP contribution in [0.15, 0.2) is 39.7 Å². The number of fused-ring (bicyclic) bond motifs is 2. The zero-order chi connectivity index (χ0) is 28.1. The molecule has 0 radical (unpaired) electrons. The Morgan fingerprint density at radius 3 is 2.67 bits per heavy atom. The molecule has 5 atom stereocenters. The minimum Gasteiger partial charge on any atom is -0.493 e. The van der Waals surface area contributed by atoms with E-state index in [-0.39, 0.29) is 11.9 Å². The van der Waals surface area contributed by atoms with Gasteiger partial charge in [0.15, 0.2) is 18.1 Å². The van der Waals surface area contributed by atoms with E-state index < -0.39 is 12.6 Å². The van der Waals surface area contributed by atoms with Gasteiger partial charge in [-0.2, -0.15) is 0 Å². The summed E-state index contributed by atoms with van der Waals surface area (Å²) in [6, 6.07) is 9.01. The second-order valence-electron chi connectivity index (χ2n) is 10.7. The average Bonchev–Trinajstić information content (AvgIpc) is 3.38. The second kappa shape index (κ2) is 13.0. The smallest absolute Gasteiger partial charge is 0.341 e. The molecule has 1 aromatic heterocycles. The van der Waals surface area contributed by atoms with Crippen molar-refractivity contribution < 1.29 is 28.6 Å². The van der Waals surface area contributed by atoms with Gasteiger partial charge in [-0.1, -0.05) is 44.2 Å². The number of thiocarbonyl (C=S) groups is 1. The number of amides is 1. The molecule has 2 aromatic rings. The molecule has 0 aliphatic heterocycles. The van der Waals surface area contributed by atoms with Crippen molar-refractivity contribution in [1.29, 1.82) is 0 Å². The van der Waals surface area contributed by atoms with Crippen LogP contribution in [0.1, 0.15) is 51.7 Å². The zero-order valence-electron chi connectivity index (χ0n) is 22.9. The standard InChI is InChI=1S/C30H37NO6S2/c1-5-20-12-19-10-18(2)11-22(13-19)29(20)31(3)30(34)27(39-17-38)15-23-7-9-24(37-23)21-6-8-25(35-4)26(14-21)36-16-28(32)33/h6-9,14-15,17-20,22,29H,5,10-13,16H2,1-4H3,(H,32,33)/b27-15-. The Hall–Kier alpha value is -2.78. The molecule has 2 aliphatic rings. The summed E-state index contributed by atoms with van der Waals surface area (Å²) in [5.74, 6) is 3.22. The summed E-state index contributed by atoms with van der Waals surface area (Å²) >= 11 is 6.36. The first kappa shape index (κ1) is 29.2. The van der Waals surface area contributed by atoms with E-state index in [0.29, 0.717) is 51.2 Å². The molecule has 4 rings (SSSR count). The van der Waals surface area contributed by atoms with Gasteiger partial charge in [-0.25, -0.2) is 4.79 Å². The number of aliphatic carboxylic acids is 1. The van der Waals surface area contributed by atoms with Crippen LogP contribution in [0, 0.1) is 23.7 Å². The lowest BCUT2D eigenvalue weighted by molar-refractivity contribution is -0.139. The van der Waals surface area contributed by atoms with Crippen LogP contribution in [0.2, 0.25) is 0 Å². The molecule has 0 spiro atoms. The molecule has 7 nitrogen and oxygen atoms in total. The van der Waals surface area contributed by atoms with Crippen molar-refractivity contribution in [2.24, 2.45) is 23.7 Å². The van der Waals surface area contributed by atoms with E-state index in [9.17, 15) is 9.59 Å². The predicted octanol–water partition coefficient (Wildman–Crippen LogP) is 6.76. The van der Waals surface area contributed by atoms with Crippen molar-refractivity contribution in [2.75, 3.05) is 20.8 Å². The van der Waals surface area contributed by atoms with E-state index in [1.54, 1.807) is 36.4 Å². The first-order chi connectivity index (χ1) is 18.7. The van der Waals surface area contributed by atoms with Gasteiger partial charge in [0.25, 0.3) is 5.91 Å². The van der Waals surface area contributed by atoms with E-state index in [1.807, 2.05) is 11.9 Å². The largest absolute Gasteiger partial charge is 0.493 e. The molecule has 5 unspecified atom stereocenters. The second-order valence-corrected chi connectivity index (χ2v) is 12.2. The van der Waals surface area contributed by atoms with Crippen LogP contribution in [-0.4, -0.2) is 53.4 Å². The average molecular weight is 572 g/mol. The number of nitrogens with zero attached hydrogens (tertiary/aromatic N) is 1. The molecular weight excluding hydrogens is 534 g/mol. The number of methoxy groups -OCH3 is 1. The third-order valence-corrected chi connectivity index (χ3v) is 8.99. The zero-order valence-corrected chi connectivity index (χ0v) is 24.6. The number of carboxylic acid groups (broad SMARTS) is 1. The summed E-state index contributed by atoms with van der Waals surface area (Å²) in [7, 11) is 3.43. The van der Waals surface area contributed by atoms with Gasteiger partial charge in [0.2, 0.25) is 0 Å². The predicted molar refractivity (Wildman–Crippen MR) is 158 cm³/mol. The lowest BCUT2D eigenvalue weighted by Gasteiger charge is -2.50. The van der Waals surface area contributed by atoms with Gasteiger partial charge in [-0.3, -0.25) is 4.79 Å². The Labute approximate surface area is 239 Å². The quantitative estimate of drug-likeness (QED) is 0.234. The van der Waals surface area contributed by atoms with Crippen LogP contribution in [0.25, 0.3) is 17.4 Å². The highest BCUT2D eigenvalue weighted by Gasteiger charge is 2.44. The van der Waals surface area contributed by atoms with Gasteiger partial charge >= 0.3 is 5.97 Å². The van der Waals surface area contributed by atoms with Crippen LogP contribution in [0.4, 0.5) is 0 Å². The van der Waals surface area contributed by atoms with Crippen LogP contribution >= 0.6 is 24.0 Å². The van der Waals surface area contributed by atoms with Crippen molar-refractivity contribution in [3.05, 3.63) is 41.0 Å². The fourth-order valence-corrected chi connectivity index (χ4v) is 7.41. The molecule has 0 saturated heterocycles. The Morgan fingerprint density at radius 2 is 1.97 bits per heavy atom. The van der Waals surface area contributed by atoms with E-state index >= 15 is 0 Å². The summed E-state index contributed by atoms with van der Waals surface area (Å²) in [6.07, 6.45) is 7.72.